The molecule has 1 aromatic heterocycles. The maximum absolute atomic E-state index is 12.0. The van der Waals surface area contributed by atoms with Crippen molar-refractivity contribution in [2.24, 2.45) is 18.7 Å². The van der Waals surface area contributed by atoms with Crippen LogP contribution in [-0.2, 0) is 7.05 Å². The van der Waals surface area contributed by atoms with Crippen molar-refractivity contribution < 1.29 is 0 Å². The van der Waals surface area contributed by atoms with Crippen LogP contribution in [-0.4, -0.2) is 21.6 Å². The maximum Gasteiger partial charge on any atom is 0.293 e. The van der Waals surface area contributed by atoms with Gasteiger partial charge in [0.1, 0.15) is 0 Å². The summed E-state index contributed by atoms with van der Waals surface area (Å²) in [5.41, 5.74) is 5.69. The van der Waals surface area contributed by atoms with E-state index < -0.39 is 0 Å². The SMILES string of the molecule is CC1CCCCC1(CN)Nc1nccn(C)c1=O. The van der Waals surface area contributed by atoms with E-state index in [-0.39, 0.29) is 11.1 Å². The molecule has 1 fully saturated rings. The largest absolute Gasteiger partial charge is 0.358 e. The monoisotopic (exact) mass is 250 g/mol. The molecule has 0 aliphatic heterocycles. The van der Waals surface area contributed by atoms with Crippen molar-refractivity contribution >= 4 is 5.82 Å². The van der Waals surface area contributed by atoms with Gasteiger partial charge in [0.05, 0.1) is 5.54 Å². The minimum Gasteiger partial charge on any atom is -0.358 e. The quantitative estimate of drug-likeness (QED) is 0.842. The van der Waals surface area contributed by atoms with Gasteiger partial charge in [0, 0.05) is 26.0 Å². The van der Waals surface area contributed by atoms with Crippen molar-refractivity contribution in [1.29, 1.82) is 0 Å². The van der Waals surface area contributed by atoms with Crippen LogP contribution >= 0.6 is 0 Å². The predicted octanol–water partition coefficient (Wildman–Crippen LogP) is 1.10. The highest BCUT2D eigenvalue weighted by atomic mass is 16.1. The molecule has 0 amide bonds. The summed E-state index contributed by atoms with van der Waals surface area (Å²) >= 11 is 0. The summed E-state index contributed by atoms with van der Waals surface area (Å²) in [7, 11) is 1.73. The van der Waals surface area contributed by atoms with Gasteiger partial charge in [-0.3, -0.25) is 4.79 Å². The topological polar surface area (TPSA) is 72.9 Å². The van der Waals surface area contributed by atoms with Crippen LogP contribution in [0.2, 0.25) is 0 Å². The lowest BCUT2D eigenvalue weighted by Gasteiger charge is -2.42. The number of hydrogen-bond donors (Lipinski definition) is 2. The second kappa shape index (κ2) is 5.10. The summed E-state index contributed by atoms with van der Waals surface area (Å²) in [5, 5.41) is 3.33. The molecule has 1 heterocycles. The van der Waals surface area contributed by atoms with E-state index in [9.17, 15) is 4.79 Å². The fraction of sp³-hybridized carbons (Fsp3) is 0.692. The molecular formula is C13H22N4O. The van der Waals surface area contributed by atoms with Crippen molar-refractivity contribution in [3.05, 3.63) is 22.7 Å². The van der Waals surface area contributed by atoms with Crippen LogP contribution in [0.3, 0.4) is 0 Å². The number of hydrogen-bond acceptors (Lipinski definition) is 4. The van der Waals surface area contributed by atoms with Gasteiger partial charge in [0.25, 0.3) is 5.56 Å². The fourth-order valence-electron chi connectivity index (χ4n) is 2.77. The van der Waals surface area contributed by atoms with Gasteiger partial charge in [-0.1, -0.05) is 19.8 Å². The first kappa shape index (κ1) is 13.1. The van der Waals surface area contributed by atoms with Gasteiger partial charge < -0.3 is 15.6 Å². The van der Waals surface area contributed by atoms with Gasteiger partial charge in [-0.05, 0) is 18.8 Å². The van der Waals surface area contributed by atoms with Gasteiger partial charge in [-0.15, -0.1) is 0 Å². The summed E-state index contributed by atoms with van der Waals surface area (Å²) in [6.07, 6.45) is 7.85. The Balaban J connectivity index is 2.30. The first-order chi connectivity index (χ1) is 8.59. The third-order valence-electron chi connectivity index (χ3n) is 4.20. The maximum atomic E-state index is 12.0. The van der Waals surface area contributed by atoms with E-state index in [1.54, 1.807) is 19.4 Å². The highest BCUT2D eigenvalue weighted by Gasteiger charge is 2.37. The smallest absolute Gasteiger partial charge is 0.293 e. The van der Waals surface area contributed by atoms with E-state index in [1.807, 2.05) is 0 Å². The van der Waals surface area contributed by atoms with Crippen LogP contribution in [0, 0.1) is 5.92 Å². The summed E-state index contributed by atoms with van der Waals surface area (Å²) in [6, 6.07) is 0. The van der Waals surface area contributed by atoms with Crippen molar-refractivity contribution in [3.8, 4) is 0 Å². The zero-order valence-electron chi connectivity index (χ0n) is 11.1. The second-order valence-corrected chi connectivity index (χ2v) is 5.32. The van der Waals surface area contributed by atoms with Gasteiger partial charge in [-0.2, -0.15) is 0 Å². The first-order valence-electron chi connectivity index (χ1n) is 6.59. The van der Waals surface area contributed by atoms with Crippen molar-refractivity contribution in [2.45, 2.75) is 38.1 Å². The molecule has 18 heavy (non-hydrogen) atoms. The van der Waals surface area contributed by atoms with Crippen LogP contribution in [0.1, 0.15) is 32.6 Å². The molecule has 2 atom stereocenters. The zero-order chi connectivity index (χ0) is 13.2. The predicted molar refractivity (Wildman–Crippen MR) is 72.5 cm³/mol. The lowest BCUT2D eigenvalue weighted by atomic mass is 9.73. The van der Waals surface area contributed by atoms with Gasteiger partial charge >= 0.3 is 0 Å². The molecule has 1 saturated carbocycles. The Morgan fingerprint density at radius 1 is 1.61 bits per heavy atom. The molecule has 3 N–H and O–H groups in total. The number of anilines is 1. The van der Waals surface area contributed by atoms with E-state index in [2.05, 4.69) is 17.2 Å². The van der Waals surface area contributed by atoms with Crippen LogP contribution in [0.5, 0.6) is 0 Å². The Morgan fingerprint density at radius 3 is 3.06 bits per heavy atom. The van der Waals surface area contributed by atoms with Gasteiger partial charge in [-0.25, -0.2) is 4.98 Å². The van der Waals surface area contributed by atoms with Crippen molar-refractivity contribution in [2.75, 3.05) is 11.9 Å². The Labute approximate surface area is 107 Å². The van der Waals surface area contributed by atoms with Gasteiger partial charge in [0.15, 0.2) is 5.82 Å². The van der Waals surface area contributed by atoms with Crippen molar-refractivity contribution in [3.63, 3.8) is 0 Å². The summed E-state index contributed by atoms with van der Waals surface area (Å²) in [6.45, 7) is 2.74. The zero-order valence-corrected chi connectivity index (χ0v) is 11.1. The Kier molecular flexibility index (Phi) is 3.71. The fourth-order valence-corrected chi connectivity index (χ4v) is 2.77. The van der Waals surface area contributed by atoms with Crippen LogP contribution in [0.15, 0.2) is 17.2 Å². The van der Waals surface area contributed by atoms with E-state index in [0.717, 1.165) is 19.3 Å². The molecule has 100 valence electrons. The highest BCUT2D eigenvalue weighted by Crippen LogP contribution is 2.34. The molecule has 0 saturated heterocycles. The van der Waals surface area contributed by atoms with Crippen LogP contribution in [0.25, 0.3) is 0 Å². The summed E-state index contributed by atoms with van der Waals surface area (Å²) < 4.78 is 1.53. The molecule has 1 aliphatic carbocycles. The molecule has 2 rings (SSSR count). The molecule has 2 unspecified atom stereocenters. The average molecular weight is 250 g/mol. The number of nitrogens with zero attached hydrogens (tertiary/aromatic N) is 2. The first-order valence-corrected chi connectivity index (χ1v) is 6.59. The summed E-state index contributed by atoms with van der Waals surface area (Å²) in [4.78, 5) is 16.2. The lowest BCUT2D eigenvalue weighted by molar-refractivity contribution is 0.234. The third-order valence-corrected chi connectivity index (χ3v) is 4.20. The Bertz CT molecular complexity index is 470. The van der Waals surface area contributed by atoms with Crippen molar-refractivity contribution in [1.82, 2.24) is 9.55 Å². The van der Waals surface area contributed by atoms with E-state index in [4.69, 9.17) is 5.73 Å². The second-order valence-electron chi connectivity index (χ2n) is 5.32. The van der Waals surface area contributed by atoms with Crippen LogP contribution < -0.4 is 16.6 Å². The molecule has 5 nitrogen and oxygen atoms in total. The molecule has 0 radical (unpaired) electrons. The van der Waals surface area contributed by atoms with E-state index in [0.29, 0.717) is 18.3 Å². The molecular weight excluding hydrogens is 228 g/mol. The summed E-state index contributed by atoms with van der Waals surface area (Å²) in [5.74, 6) is 0.877. The van der Waals surface area contributed by atoms with Crippen LogP contribution in [0.4, 0.5) is 5.82 Å². The number of rotatable bonds is 3. The molecule has 0 aromatic carbocycles. The molecule has 0 bridgehead atoms. The number of nitrogens with one attached hydrogen (secondary N) is 1. The minimum absolute atomic E-state index is 0.0944. The highest BCUT2D eigenvalue weighted by molar-refractivity contribution is 5.36. The number of aryl methyl sites for hydroxylation is 1. The van der Waals surface area contributed by atoms with E-state index in [1.165, 1.54) is 11.0 Å². The standard InChI is InChI=1S/C13H22N4O/c1-10-5-3-4-6-13(10,9-14)16-11-12(18)17(2)8-7-15-11/h7-8,10H,3-6,9,14H2,1-2H3,(H,15,16). The van der Waals surface area contributed by atoms with Gasteiger partial charge in [0.2, 0.25) is 0 Å². The molecule has 5 heteroatoms. The lowest BCUT2D eigenvalue weighted by Crippen LogP contribution is -2.53. The Hall–Kier alpha value is -1.36. The molecule has 0 spiro atoms. The van der Waals surface area contributed by atoms with E-state index >= 15 is 0 Å². The molecule has 1 aliphatic rings. The number of aromatic nitrogens is 2. The normalized spacial score (nSPS) is 28.1. The molecule has 1 aromatic rings. The average Bonchev–Trinajstić information content (AvgIpc) is 2.38. The number of nitrogens with two attached hydrogens (primary N) is 1. The third kappa shape index (κ3) is 2.27. The Morgan fingerprint density at radius 2 is 2.39 bits per heavy atom. The minimum atomic E-state index is -0.182.